The van der Waals surface area contributed by atoms with Gasteiger partial charge in [-0.3, -0.25) is 0 Å². The van der Waals surface area contributed by atoms with Gasteiger partial charge in [-0.1, -0.05) is 12.1 Å². The third kappa shape index (κ3) is 1.58. The van der Waals surface area contributed by atoms with Gasteiger partial charge in [0.05, 0.1) is 6.61 Å². The number of ether oxygens (including phenoxy) is 2. The molecule has 0 radical (unpaired) electrons. The van der Waals surface area contributed by atoms with Crippen LogP contribution in [0.1, 0.15) is 11.1 Å². The van der Waals surface area contributed by atoms with Crippen LogP contribution in [-0.4, -0.2) is 19.2 Å². The van der Waals surface area contributed by atoms with E-state index >= 15 is 0 Å². The molecule has 0 amide bonds. The quantitative estimate of drug-likeness (QED) is 0.705. The fourth-order valence-electron chi connectivity index (χ4n) is 2.11. The van der Waals surface area contributed by atoms with Crippen LogP contribution in [0.4, 0.5) is 0 Å². The Labute approximate surface area is 93.7 Å². The van der Waals surface area contributed by atoms with Crippen molar-refractivity contribution in [1.82, 2.24) is 0 Å². The summed E-state index contributed by atoms with van der Waals surface area (Å²) in [6.45, 7) is 1.19. The summed E-state index contributed by atoms with van der Waals surface area (Å²) in [5.74, 6) is 0.795. The van der Waals surface area contributed by atoms with Crippen LogP contribution in [0, 0.1) is 0 Å². The molecular weight excluding hydrogens is 204 g/mol. The number of benzene rings is 1. The summed E-state index contributed by atoms with van der Waals surface area (Å²) < 4.78 is 10.3. The lowest BCUT2D eigenvalue weighted by molar-refractivity contribution is -0.136. The van der Waals surface area contributed by atoms with Gasteiger partial charge in [-0.05, 0) is 23.3 Å². The van der Waals surface area contributed by atoms with Crippen LogP contribution in [0.5, 0.6) is 5.75 Å². The number of hydrogen-bond donors (Lipinski definition) is 0. The standard InChI is InChI=1S/C13H12O3/c14-13-11(4-6-16-13)8-9-1-2-12-10(7-9)3-5-15-12/h1-2,4,7H,3,5-6,8H2. The number of carbonyl (C=O) groups excluding carboxylic acids is 1. The lowest BCUT2D eigenvalue weighted by Gasteiger charge is -2.03. The Morgan fingerprint density at radius 3 is 3.00 bits per heavy atom. The first-order valence-corrected chi connectivity index (χ1v) is 5.44. The minimum Gasteiger partial charge on any atom is -0.493 e. The number of cyclic esters (lactones) is 1. The molecule has 0 aromatic heterocycles. The second-order valence-electron chi connectivity index (χ2n) is 4.05. The highest BCUT2D eigenvalue weighted by Gasteiger charge is 2.18. The summed E-state index contributed by atoms with van der Waals surface area (Å²) in [6, 6.07) is 6.11. The topological polar surface area (TPSA) is 35.5 Å². The van der Waals surface area contributed by atoms with Gasteiger partial charge in [0, 0.05) is 18.4 Å². The average molecular weight is 216 g/mol. The van der Waals surface area contributed by atoms with Crippen LogP contribution in [-0.2, 0) is 22.4 Å². The molecule has 2 aliphatic rings. The molecule has 2 heterocycles. The van der Waals surface area contributed by atoms with Crippen molar-refractivity contribution in [2.75, 3.05) is 13.2 Å². The lowest BCUT2D eigenvalue weighted by Crippen LogP contribution is -2.02. The van der Waals surface area contributed by atoms with Crippen LogP contribution in [0.25, 0.3) is 0 Å². The normalized spacial score (nSPS) is 17.8. The predicted molar refractivity (Wildman–Crippen MR) is 58.4 cm³/mol. The summed E-state index contributed by atoms with van der Waals surface area (Å²) >= 11 is 0. The van der Waals surface area contributed by atoms with Crippen molar-refractivity contribution in [3.63, 3.8) is 0 Å². The highest BCUT2D eigenvalue weighted by atomic mass is 16.5. The predicted octanol–water partition coefficient (Wildman–Crippen LogP) is 1.65. The highest BCUT2D eigenvalue weighted by molar-refractivity contribution is 5.90. The van der Waals surface area contributed by atoms with E-state index in [0.717, 1.165) is 29.9 Å². The second-order valence-corrected chi connectivity index (χ2v) is 4.05. The van der Waals surface area contributed by atoms with E-state index in [-0.39, 0.29) is 5.97 Å². The van der Waals surface area contributed by atoms with Crippen molar-refractivity contribution in [2.45, 2.75) is 12.8 Å². The Balaban J connectivity index is 1.83. The Kier molecular flexibility index (Phi) is 2.17. The summed E-state index contributed by atoms with van der Waals surface area (Å²) in [5.41, 5.74) is 3.15. The fraction of sp³-hybridized carbons (Fsp3) is 0.308. The van der Waals surface area contributed by atoms with Gasteiger partial charge >= 0.3 is 5.97 Å². The third-order valence-corrected chi connectivity index (χ3v) is 2.95. The number of fused-ring (bicyclic) bond motifs is 1. The zero-order chi connectivity index (χ0) is 11.0. The van der Waals surface area contributed by atoms with Crippen molar-refractivity contribution in [3.8, 4) is 5.75 Å². The molecule has 3 heteroatoms. The van der Waals surface area contributed by atoms with Gasteiger partial charge in [0.1, 0.15) is 12.4 Å². The molecule has 0 atom stereocenters. The minimum atomic E-state index is -0.184. The maximum Gasteiger partial charge on any atom is 0.334 e. The Hall–Kier alpha value is -1.77. The summed E-state index contributed by atoms with van der Waals surface area (Å²) in [4.78, 5) is 11.3. The van der Waals surface area contributed by atoms with Gasteiger partial charge in [0.2, 0.25) is 0 Å². The maximum atomic E-state index is 11.3. The molecule has 82 valence electrons. The first-order valence-electron chi connectivity index (χ1n) is 5.44. The number of esters is 1. The average Bonchev–Trinajstić information content (AvgIpc) is 2.88. The van der Waals surface area contributed by atoms with Crippen molar-refractivity contribution < 1.29 is 14.3 Å². The fourth-order valence-corrected chi connectivity index (χ4v) is 2.11. The van der Waals surface area contributed by atoms with Crippen LogP contribution in [0.2, 0.25) is 0 Å². The molecule has 16 heavy (non-hydrogen) atoms. The Bertz CT molecular complexity index is 474. The number of rotatable bonds is 2. The molecule has 0 bridgehead atoms. The maximum absolute atomic E-state index is 11.3. The van der Waals surface area contributed by atoms with Crippen LogP contribution < -0.4 is 4.74 Å². The molecule has 0 saturated carbocycles. The molecule has 3 rings (SSSR count). The lowest BCUT2D eigenvalue weighted by atomic mass is 10.0. The smallest absolute Gasteiger partial charge is 0.334 e. The third-order valence-electron chi connectivity index (χ3n) is 2.95. The molecule has 0 spiro atoms. The van der Waals surface area contributed by atoms with Crippen LogP contribution >= 0.6 is 0 Å². The second kappa shape index (κ2) is 3.67. The largest absolute Gasteiger partial charge is 0.493 e. The zero-order valence-electron chi connectivity index (χ0n) is 8.86. The van der Waals surface area contributed by atoms with Gasteiger partial charge in [-0.15, -0.1) is 0 Å². The van der Waals surface area contributed by atoms with E-state index < -0.39 is 0 Å². The van der Waals surface area contributed by atoms with Crippen molar-refractivity contribution in [1.29, 1.82) is 0 Å². The SMILES string of the molecule is O=C1OCC=C1Cc1ccc2c(c1)CCO2. The number of carbonyl (C=O) groups is 1. The first-order chi connectivity index (χ1) is 7.83. The van der Waals surface area contributed by atoms with E-state index in [0.29, 0.717) is 13.0 Å². The van der Waals surface area contributed by atoms with E-state index in [1.807, 2.05) is 18.2 Å². The Morgan fingerprint density at radius 1 is 1.25 bits per heavy atom. The van der Waals surface area contributed by atoms with Crippen molar-refractivity contribution in [2.24, 2.45) is 0 Å². The molecule has 1 aromatic rings. The molecule has 0 aliphatic carbocycles. The molecule has 0 saturated heterocycles. The molecule has 0 fully saturated rings. The summed E-state index contributed by atoms with van der Waals surface area (Å²) in [7, 11) is 0. The molecule has 1 aromatic carbocycles. The van der Waals surface area contributed by atoms with E-state index in [1.54, 1.807) is 0 Å². The molecule has 0 N–H and O–H groups in total. The van der Waals surface area contributed by atoms with E-state index in [9.17, 15) is 4.79 Å². The summed E-state index contributed by atoms with van der Waals surface area (Å²) in [6.07, 6.45) is 3.48. The van der Waals surface area contributed by atoms with Crippen molar-refractivity contribution >= 4 is 5.97 Å². The van der Waals surface area contributed by atoms with Crippen LogP contribution in [0.3, 0.4) is 0 Å². The van der Waals surface area contributed by atoms with Gasteiger partial charge in [0.15, 0.2) is 0 Å². The molecule has 2 aliphatic heterocycles. The highest BCUT2D eigenvalue weighted by Crippen LogP contribution is 2.27. The van der Waals surface area contributed by atoms with Crippen LogP contribution in [0.15, 0.2) is 29.8 Å². The molecule has 0 unspecified atom stereocenters. The Morgan fingerprint density at radius 2 is 2.19 bits per heavy atom. The molecule has 3 nitrogen and oxygen atoms in total. The van der Waals surface area contributed by atoms with Gasteiger partial charge in [-0.25, -0.2) is 4.79 Å². The van der Waals surface area contributed by atoms with Gasteiger partial charge < -0.3 is 9.47 Å². The minimum absolute atomic E-state index is 0.184. The summed E-state index contributed by atoms with van der Waals surface area (Å²) in [5, 5.41) is 0. The molecular formula is C13H12O3. The number of hydrogen-bond acceptors (Lipinski definition) is 3. The van der Waals surface area contributed by atoms with Gasteiger partial charge in [0.25, 0.3) is 0 Å². The zero-order valence-corrected chi connectivity index (χ0v) is 8.86. The van der Waals surface area contributed by atoms with E-state index in [2.05, 4.69) is 6.07 Å². The monoisotopic (exact) mass is 216 g/mol. The van der Waals surface area contributed by atoms with E-state index in [4.69, 9.17) is 9.47 Å². The van der Waals surface area contributed by atoms with Gasteiger partial charge in [-0.2, -0.15) is 0 Å². The van der Waals surface area contributed by atoms with Crippen molar-refractivity contribution in [3.05, 3.63) is 41.0 Å². The first kappa shape index (κ1) is 9.46. The van der Waals surface area contributed by atoms with E-state index in [1.165, 1.54) is 5.56 Å².